The van der Waals surface area contributed by atoms with E-state index in [1.165, 1.54) is 32.5 Å². The van der Waals surface area contributed by atoms with E-state index in [4.69, 9.17) is 23.2 Å². The molecule has 7 rings (SSSR count). The molecule has 1 nitrogen and oxygen atoms in total. The SMILES string of the molecule is Clc1cccc(Cl)c1B1c2c(ccc3ccccc23)N(c2ccccc2)c2ccc3ccccc3c21. The number of anilines is 3. The van der Waals surface area contributed by atoms with Gasteiger partial charge in [0.15, 0.2) is 0 Å². The maximum absolute atomic E-state index is 6.95. The van der Waals surface area contributed by atoms with Gasteiger partial charge >= 0.3 is 0 Å². The first-order chi connectivity index (χ1) is 17.7. The van der Waals surface area contributed by atoms with Gasteiger partial charge in [-0.2, -0.15) is 0 Å². The van der Waals surface area contributed by atoms with Crippen molar-refractivity contribution < 1.29 is 0 Å². The van der Waals surface area contributed by atoms with E-state index in [1.807, 2.05) is 18.2 Å². The van der Waals surface area contributed by atoms with Crippen LogP contribution in [-0.2, 0) is 0 Å². The van der Waals surface area contributed by atoms with Crippen LogP contribution in [0.5, 0.6) is 0 Å². The summed E-state index contributed by atoms with van der Waals surface area (Å²) < 4.78 is 0. The Morgan fingerprint density at radius 2 is 0.944 bits per heavy atom. The Bertz CT molecular complexity index is 1670. The van der Waals surface area contributed by atoms with Crippen molar-refractivity contribution in [2.24, 2.45) is 0 Å². The topological polar surface area (TPSA) is 3.24 Å². The summed E-state index contributed by atoms with van der Waals surface area (Å²) in [5.74, 6) is 0. The van der Waals surface area contributed by atoms with E-state index in [9.17, 15) is 0 Å². The zero-order valence-electron chi connectivity index (χ0n) is 19.3. The summed E-state index contributed by atoms with van der Waals surface area (Å²) in [5, 5.41) is 6.16. The first kappa shape index (κ1) is 21.6. The third-order valence-electron chi connectivity index (χ3n) is 7.26. The van der Waals surface area contributed by atoms with Crippen LogP contribution in [0, 0.1) is 0 Å². The molecule has 36 heavy (non-hydrogen) atoms. The molecule has 0 atom stereocenters. The Morgan fingerprint density at radius 3 is 1.50 bits per heavy atom. The van der Waals surface area contributed by atoms with E-state index in [2.05, 4.69) is 108 Å². The minimum Gasteiger partial charge on any atom is -0.311 e. The average molecular weight is 500 g/mol. The number of para-hydroxylation sites is 1. The highest BCUT2D eigenvalue weighted by Crippen LogP contribution is 2.39. The van der Waals surface area contributed by atoms with Crippen LogP contribution < -0.4 is 21.3 Å². The summed E-state index contributed by atoms with van der Waals surface area (Å²) in [4.78, 5) is 2.38. The fourth-order valence-electron chi connectivity index (χ4n) is 5.77. The molecule has 0 amide bonds. The smallest absolute Gasteiger partial charge is 0.252 e. The van der Waals surface area contributed by atoms with Crippen molar-refractivity contribution in [3.8, 4) is 0 Å². The van der Waals surface area contributed by atoms with Crippen molar-refractivity contribution >= 4 is 84.9 Å². The average Bonchev–Trinajstić information content (AvgIpc) is 2.92. The first-order valence-corrected chi connectivity index (χ1v) is 12.8. The van der Waals surface area contributed by atoms with Crippen LogP contribution >= 0.6 is 23.2 Å². The third-order valence-corrected chi connectivity index (χ3v) is 7.92. The minimum atomic E-state index is -0.131. The summed E-state index contributed by atoms with van der Waals surface area (Å²) in [6, 6.07) is 42.5. The van der Waals surface area contributed by atoms with Crippen LogP contribution in [0.15, 0.2) is 121 Å². The molecule has 6 aromatic rings. The number of fused-ring (bicyclic) bond motifs is 6. The Kier molecular flexibility index (Phi) is 5.06. The van der Waals surface area contributed by atoms with Crippen molar-refractivity contribution in [3.63, 3.8) is 0 Å². The predicted molar refractivity (Wildman–Crippen MR) is 157 cm³/mol. The summed E-state index contributed by atoms with van der Waals surface area (Å²) >= 11 is 13.9. The summed E-state index contributed by atoms with van der Waals surface area (Å²) in [7, 11) is 0. The van der Waals surface area contributed by atoms with Gasteiger partial charge in [-0.25, -0.2) is 0 Å². The van der Waals surface area contributed by atoms with Gasteiger partial charge in [-0.3, -0.25) is 0 Å². The fraction of sp³-hybridized carbons (Fsp3) is 0. The van der Waals surface area contributed by atoms with E-state index in [0.717, 1.165) is 22.5 Å². The van der Waals surface area contributed by atoms with Crippen molar-refractivity contribution in [2.75, 3.05) is 4.90 Å². The largest absolute Gasteiger partial charge is 0.311 e. The third kappa shape index (κ3) is 3.19. The normalized spacial score (nSPS) is 12.6. The van der Waals surface area contributed by atoms with Crippen LogP contribution in [-0.4, -0.2) is 6.71 Å². The molecule has 0 unspecified atom stereocenters. The minimum absolute atomic E-state index is 0.131. The maximum atomic E-state index is 6.95. The van der Waals surface area contributed by atoms with Gasteiger partial charge < -0.3 is 4.90 Å². The zero-order chi connectivity index (χ0) is 24.2. The Hall–Kier alpha value is -3.72. The number of halogens is 2. The molecule has 0 aliphatic carbocycles. The quantitative estimate of drug-likeness (QED) is 0.221. The zero-order valence-corrected chi connectivity index (χ0v) is 20.8. The second kappa shape index (κ2) is 8.45. The van der Waals surface area contributed by atoms with Crippen molar-refractivity contribution in [1.82, 2.24) is 0 Å². The molecule has 6 aromatic carbocycles. The van der Waals surface area contributed by atoms with Gasteiger partial charge in [0.05, 0.1) is 0 Å². The molecule has 1 aliphatic rings. The molecular weight excluding hydrogens is 480 g/mol. The van der Waals surface area contributed by atoms with E-state index >= 15 is 0 Å². The Labute approximate surface area is 220 Å². The predicted octanol–water partition coefficient (Wildman–Crippen LogP) is 7.60. The highest BCUT2D eigenvalue weighted by atomic mass is 35.5. The number of nitrogens with zero attached hydrogens (tertiary/aromatic N) is 1. The second-order valence-electron chi connectivity index (χ2n) is 9.18. The Balaban J connectivity index is 1.70. The molecule has 4 heteroatoms. The highest BCUT2D eigenvalue weighted by molar-refractivity contribution is 7.02. The molecule has 0 radical (unpaired) electrons. The van der Waals surface area contributed by atoms with E-state index < -0.39 is 0 Å². The second-order valence-corrected chi connectivity index (χ2v) is 9.99. The lowest BCUT2D eigenvalue weighted by atomic mass is 9.34. The van der Waals surface area contributed by atoms with Crippen LogP contribution in [0.25, 0.3) is 21.5 Å². The van der Waals surface area contributed by atoms with Gasteiger partial charge in [-0.15, -0.1) is 0 Å². The van der Waals surface area contributed by atoms with E-state index in [0.29, 0.717) is 10.0 Å². The number of benzene rings is 6. The molecule has 0 fully saturated rings. The van der Waals surface area contributed by atoms with Gasteiger partial charge in [0, 0.05) is 27.1 Å². The molecule has 0 N–H and O–H groups in total. The van der Waals surface area contributed by atoms with E-state index in [-0.39, 0.29) is 6.71 Å². The fourth-order valence-corrected chi connectivity index (χ4v) is 6.39. The standard InChI is InChI=1S/C32H20BCl2N/c34-26-15-8-16-27(35)32(26)33-30-24-13-6-4-9-21(24)17-19-28(30)36(23-11-2-1-3-12-23)29-20-18-22-10-5-7-14-25(22)31(29)33/h1-20H. The molecule has 0 aromatic heterocycles. The monoisotopic (exact) mass is 499 g/mol. The van der Waals surface area contributed by atoms with Crippen molar-refractivity contribution in [3.05, 3.63) is 131 Å². The van der Waals surface area contributed by atoms with Crippen LogP contribution in [0.1, 0.15) is 0 Å². The maximum Gasteiger partial charge on any atom is 0.252 e. The lowest BCUT2D eigenvalue weighted by Gasteiger charge is -2.38. The molecule has 0 bridgehead atoms. The van der Waals surface area contributed by atoms with Gasteiger partial charge in [0.25, 0.3) is 6.71 Å². The molecule has 1 aliphatic heterocycles. The van der Waals surface area contributed by atoms with Crippen LogP contribution in [0.4, 0.5) is 17.1 Å². The molecule has 0 spiro atoms. The Morgan fingerprint density at radius 1 is 0.444 bits per heavy atom. The summed E-state index contributed by atoms with van der Waals surface area (Å²) in [6.07, 6.45) is 0. The lowest BCUT2D eigenvalue weighted by molar-refractivity contribution is 1.30. The summed E-state index contributed by atoms with van der Waals surface area (Å²) in [6.45, 7) is -0.131. The van der Waals surface area contributed by atoms with Crippen molar-refractivity contribution in [1.29, 1.82) is 0 Å². The van der Waals surface area contributed by atoms with Crippen LogP contribution in [0.2, 0.25) is 10.0 Å². The summed E-state index contributed by atoms with van der Waals surface area (Å²) in [5.41, 5.74) is 6.79. The van der Waals surface area contributed by atoms with Crippen LogP contribution in [0.3, 0.4) is 0 Å². The van der Waals surface area contributed by atoms with Gasteiger partial charge in [-0.1, -0.05) is 108 Å². The number of hydrogen-bond donors (Lipinski definition) is 0. The first-order valence-electron chi connectivity index (χ1n) is 12.0. The molecular formula is C32H20BCl2N. The van der Waals surface area contributed by atoms with E-state index in [1.54, 1.807) is 0 Å². The highest BCUT2D eigenvalue weighted by Gasteiger charge is 2.39. The molecule has 170 valence electrons. The lowest BCUT2D eigenvalue weighted by Crippen LogP contribution is -2.58. The van der Waals surface area contributed by atoms with Gasteiger partial charge in [0.2, 0.25) is 0 Å². The van der Waals surface area contributed by atoms with Gasteiger partial charge in [-0.05, 0) is 74.3 Å². The number of rotatable bonds is 2. The van der Waals surface area contributed by atoms with Crippen molar-refractivity contribution in [2.45, 2.75) is 0 Å². The number of hydrogen-bond acceptors (Lipinski definition) is 1. The molecule has 0 saturated heterocycles. The molecule has 0 saturated carbocycles. The molecule has 1 heterocycles. The van der Waals surface area contributed by atoms with Gasteiger partial charge in [0.1, 0.15) is 0 Å².